The first-order valence-corrected chi connectivity index (χ1v) is 8.23. The Morgan fingerprint density at radius 2 is 1.81 bits per heavy atom. The summed E-state index contributed by atoms with van der Waals surface area (Å²) in [6, 6.07) is 5.54. The largest absolute Gasteiger partial charge is 0.399 e. The number of carbonyl (C=O) groups excluding carboxylic acids is 1. The van der Waals surface area contributed by atoms with Gasteiger partial charge in [-0.2, -0.15) is 0 Å². The fraction of sp³-hybridized carbons (Fsp3) is 0.588. The molecule has 0 heterocycles. The number of halogens is 1. The molecule has 1 aliphatic carbocycles. The van der Waals surface area contributed by atoms with Gasteiger partial charge in [0.15, 0.2) is 0 Å². The molecule has 1 aromatic carbocycles. The molecule has 1 fully saturated rings. The number of carbonyl (C=O) groups is 1. The predicted octanol–water partition coefficient (Wildman–Crippen LogP) is 4.37. The van der Waals surface area contributed by atoms with Crippen molar-refractivity contribution < 1.29 is 4.79 Å². The van der Waals surface area contributed by atoms with Crippen LogP contribution in [0.2, 0.25) is 0 Å². The molecule has 21 heavy (non-hydrogen) atoms. The highest BCUT2D eigenvalue weighted by Crippen LogP contribution is 2.45. The molecule has 0 unspecified atom stereocenters. The minimum Gasteiger partial charge on any atom is -0.399 e. The molecule has 0 aliphatic heterocycles. The van der Waals surface area contributed by atoms with Crippen molar-refractivity contribution in [3.8, 4) is 0 Å². The zero-order valence-corrected chi connectivity index (χ0v) is 14.9. The van der Waals surface area contributed by atoms with Gasteiger partial charge in [-0.25, -0.2) is 0 Å². The monoisotopic (exact) mass is 352 g/mol. The molecule has 0 radical (unpaired) electrons. The van der Waals surface area contributed by atoms with Crippen molar-refractivity contribution in [3.63, 3.8) is 0 Å². The van der Waals surface area contributed by atoms with Crippen LogP contribution in [-0.2, 0) is 0 Å². The van der Waals surface area contributed by atoms with Crippen LogP contribution in [0.1, 0.15) is 57.3 Å². The van der Waals surface area contributed by atoms with Gasteiger partial charge in [0.2, 0.25) is 0 Å². The first-order chi connectivity index (χ1) is 9.58. The molecule has 0 spiro atoms. The van der Waals surface area contributed by atoms with Crippen molar-refractivity contribution in [2.75, 3.05) is 5.73 Å². The van der Waals surface area contributed by atoms with E-state index in [4.69, 9.17) is 5.73 Å². The van der Waals surface area contributed by atoms with Gasteiger partial charge in [-0.1, -0.05) is 27.7 Å². The molecule has 1 aliphatic rings. The third-order valence-corrected chi connectivity index (χ3v) is 4.82. The van der Waals surface area contributed by atoms with E-state index in [1.807, 2.05) is 6.07 Å². The van der Waals surface area contributed by atoms with E-state index in [0.717, 1.165) is 17.3 Å². The second kappa shape index (κ2) is 5.64. The van der Waals surface area contributed by atoms with E-state index >= 15 is 0 Å². The standard InChI is InChI=1S/C17H25BrN2O/c1-16(2)8-12(9-17(3,4)10-16)20-15(21)13-7-11(19)5-6-14(13)18/h5-7,12H,8-10,19H2,1-4H3,(H,20,21). The van der Waals surface area contributed by atoms with E-state index in [-0.39, 0.29) is 22.8 Å². The van der Waals surface area contributed by atoms with E-state index in [1.165, 1.54) is 6.42 Å². The number of hydrogen-bond donors (Lipinski definition) is 2. The fourth-order valence-corrected chi connectivity index (χ4v) is 4.35. The molecular formula is C17H25BrN2O. The smallest absolute Gasteiger partial charge is 0.252 e. The SMILES string of the molecule is CC1(C)CC(NC(=O)c2cc(N)ccc2Br)CC(C)(C)C1. The second-order valence-electron chi connectivity index (χ2n) is 7.82. The van der Waals surface area contributed by atoms with Gasteiger partial charge in [-0.15, -0.1) is 0 Å². The number of nitrogens with one attached hydrogen (secondary N) is 1. The Morgan fingerprint density at radius 3 is 2.38 bits per heavy atom. The average Bonchev–Trinajstić information content (AvgIpc) is 2.27. The minimum absolute atomic E-state index is 0.0484. The van der Waals surface area contributed by atoms with Crippen LogP contribution in [0.15, 0.2) is 22.7 Å². The number of anilines is 1. The number of benzene rings is 1. The molecule has 4 heteroatoms. The molecule has 0 aromatic heterocycles. The summed E-state index contributed by atoms with van der Waals surface area (Å²) in [6.45, 7) is 9.12. The lowest BCUT2D eigenvalue weighted by Gasteiger charge is -2.45. The summed E-state index contributed by atoms with van der Waals surface area (Å²) in [6.07, 6.45) is 3.22. The maximum Gasteiger partial charge on any atom is 0.252 e. The van der Waals surface area contributed by atoms with Crippen molar-refractivity contribution in [2.45, 2.75) is 53.0 Å². The second-order valence-corrected chi connectivity index (χ2v) is 8.68. The van der Waals surface area contributed by atoms with Gasteiger partial charge in [0.05, 0.1) is 5.56 Å². The van der Waals surface area contributed by atoms with Gasteiger partial charge in [0.25, 0.3) is 5.91 Å². The third kappa shape index (κ3) is 4.22. The van der Waals surface area contributed by atoms with E-state index in [9.17, 15) is 4.79 Å². The van der Waals surface area contributed by atoms with Gasteiger partial charge >= 0.3 is 0 Å². The maximum absolute atomic E-state index is 12.5. The maximum atomic E-state index is 12.5. The summed E-state index contributed by atoms with van der Waals surface area (Å²) in [5.74, 6) is -0.0484. The molecule has 0 bridgehead atoms. The van der Waals surface area contributed by atoms with Crippen LogP contribution in [-0.4, -0.2) is 11.9 Å². The number of amides is 1. The first-order valence-electron chi connectivity index (χ1n) is 7.44. The molecule has 116 valence electrons. The van der Waals surface area contributed by atoms with Crippen molar-refractivity contribution in [1.82, 2.24) is 5.32 Å². The molecule has 3 N–H and O–H groups in total. The zero-order valence-electron chi connectivity index (χ0n) is 13.3. The van der Waals surface area contributed by atoms with Crippen LogP contribution in [0.25, 0.3) is 0 Å². The summed E-state index contributed by atoms with van der Waals surface area (Å²) in [4.78, 5) is 12.5. The Bertz CT molecular complexity index is 536. The van der Waals surface area contributed by atoms with Crippen LogP contribution >= 0.6 is 15.9 Å². The molecule has 0 atom stereocenters. The molecule has 1 saturated carbocycles. The lowest BCUT2D eigenvalue weighted by atomic mass is 9.63. The van der Waals surface area contributed by atoms with Crippen LogP contribution in [0.3, 0.4) is 0 Å². The Hall–Kier alpha value is -1.03. The number of rotatable bonds is 2. The number of hydrogen-bond acceptors (Lipinski definition) is 2. The predicted molar refractivity (Wildman–Crippen MR) is 91.2 cm³/mol. The lowest BCUT2D eigenvalue weighted by Crippen LogP contribution is -2.46. The Balaban J connectivity index is 2.14. The van der Waals surface area contributed by atoms with E-state index in [2.05, 4.69) is 48.9 Å². The Labute approximate surface area is 135 Å². The quantitative estimate of drug-likeness (QED) is 0.776. The van der Waals surface area contributed by atoms with Crippen LogP contribution in [0, 0.1) is 10.8 Å². The Morgan fingerprint density at radius 1 is 1.24 bits per heavy atom. The highest BCUT2D eigenvalue weighted by atomic mass is 79.9. The van der Waals surface area contributed by atoms with E-state index in [1.54, 1.807) is 12.1 Å². The average molecular weight is 353 g/mol. The third-order valence-electron chi connectivity index (χ3n) is 4.13. The summed E-state index contributed by atoms with van der Waals surface area (Å²) >= 11 is 3.42. The highest BCUT2D eigenvalue weighted by Gasteiger charge is 2.39. The molecule has 1 aromatic rings. The summed E-state index contributed by atoms with van der Waals surface area (Å²) < 4.78 is 0.781. The van der Waals surface area contributed by atoms with Crippen molar-refractivity contribution >= 4 is 27.5 Å². The van der Waals surface area contributed by atoms with Crippen LogP contribution < -0.4 is 11.1 Å². The number of nitrogens with two attached hydrogens (primary N) is 1. The Kier molecular flexibility index (Phi) is 4.39. The lowest BCUT2D eigenvalue weighted by molar-refractivity contribution is 0.0713. The highest BCUT2D eigenvalue weighted by molar-refractivity contribution is 9.10. The summed E-state index contributed by atoms with van der Waals surface area (Å²) in [5, 5.41) is 3.19. The first kappa shape index (κ1) is 16.3. The van der Waals surface area contributed by atoms with Crippen molar-refractivity contribution in [3.05, 3.63) is 28.2 Å². The van der Waals surface area contributed by atoms with Gasteiger partial charge in [-0.3, -0.25) is 4.79 Å². The van der Waals surface area contributed by atoms with E-state index in [0.29, 0.717) is 11.3 Å². The number of nitrogen functional groups attached to an aromatic ring is 1. The van der Waals surface area contributed by atoms with Crippen LogP contribution in [0.4, 0.5) is 5.69 Å². The van der Waals surface area contributed by atoms with Crippen LogP contribution in [0.5, 0.6) is 0 Å². The van der Waals surface area contributed by atoms with Gasteiger partial charge in [0, 0.05) is 16.2 Å². The van der Waals surface area contributed by atoms with E-state index < -0.39 is 0 Å². The topological polar surface area (TPSA) is 55.1 Å². The summed E-state index contributed by atoms with van der Waals surface area (Å²) in [5.41, 5.74) is 7.51. The van der Waals surface area contributed by atoms with Crippen molar-refractivity contribution in [1.29, 1.82) is 0 Å². The normalized spacial score (nSPS) is 21.0. The molecule has 1 amide bonds. The summed E-state index contributed by atoms with van der Waals surface area (Å²) in [7, 11) is 0. The van der Waals surface area contributed by atoms with Gasteiger partial charge in [0.1, 0.15) is 0 Å². The van der Waals surface area contributed by atoms with Crippen molar-refractivity contribution in [2.24, 2.45) is 10.8 Å². The zero-order chi connectivity index (χ0) is 15.8. The molecule has 2 rings (SSSR count). The fourth-order valence-electron chi connectivity index (χ4n) is 3.93. The molecule has 3 nitrogen and oxygen atoms in total. The van der Waals surface area contributed by atoms with Gasteiger partial charge < -0.3 is 11.1 Å². The minimum atomic E-state index is -0.0484. The molecular weight excluding hydrogens is 328 g/mol. The molecule has 0 saturated heterocycles. The van der Waals surface area contributed by atoms with Gasteiger partial charge in [-0.05, 0) is 64.2 Å².